The van der Waals surface area contributed by atoms with Gasteiger partial charge in [-0.15, -0.1) is 0 Å². The molecular weight excluding hydrogens is 482 g/mol. The van der Waals surface area contributed by atoms with Crippen molar-refractivity contribution < 1.29 is 38.2 Å². The second kappa shape index (κ2) is 15.4. The largest absolute Gasteiger partial charge is 0.469 e. The van der Waals surface area contributed by atoms with Crippen molar-refractivity contribution in [1.82, 2.24) is 16.0 Å². The van der Waals surface area contributed by atoms with E-state index in [4.69, 9.17) is 9.47 Å². The van der Waals surface area contributed by atoms with E-state index in [-0.39, 0.29) is 13.2 Å². The first-order valence-electron chi connectivity index (χ1n) is 11.3. The number of carbonyl (C=O) groups excluding carboxylic acids is 5. The van der Waals surface area contributed by atoms with Crippen molar-refractivity contribution >= 4 is 29.8 Å². The molecule has 37 heavy (non-hydrogen) atoms. The third-order valence-corrected chi connectivity index (χ3v) is 4.87. The third-order valence-electron chi connectivity index (χ3n) is 4.87. The van der Waals surface area contributed by atoms with Crippen LogP contribution in [0.1, 0.15) is 23.6 Å². The molecule has 2 rings (SSSR count). The van der Waals surface area contributed by atoms with Crippen molar-refractivity contribution in [1.29, 1.82) is 0 Å². The van der Waals surface area contributed by atoms with Crippen LogP contribution in [0.5, 0.6) is 0 Å². The number of benzene rings is 2. The molecule has 0 aliphatic carbocycles. The minimum Gasteiger partial charge on any atom is -0.469 e. The smallest absolute Gasteiger partial charge is 0.408 e. The van der Waals surface area contributed by atoms with E-state index in [0.29, 0.717) is 5.56 Å². The molecule has 2 aromatic carbocycles. The van der Waals surface area contributed by atoms with Gasteiger partial charge in [0.15, 0.2) is 0 Å². The molecule has 3 N–H and O–H groups in total. The topological polar surface area (TPSA) is 149 Å². The van der Waals surface area contributed by atoms with Crippen LogP contribution in [0.15, 0.2) is 73.3 Å². The van der Waals surface area contributed by atoms with Crippen LogP contribution < -0.4 is 16.0 Å². The predicted molar refractivity (Wildman–Crippen MR) is 132 cm³/mol. The van der Waals surface area contributed by atoms with Gasteiger partial charge in [0.1, 0.15) is 31.8 Å². The summed E-state index contributed by atoms with van der Waals surface area (Å²) in [6.07, 6.45) is -0.0789. The first kappa shape index (κ1) is 28.6. The van der Waals surface area contributed by atoms with E-state index in [0.717, 1.165) is 12.7 Å². The summed E-state index contributed by atoms with van der Waals surface area (Å²) in [5.74, 6) is -3.02. The molecule has 0 unspecified atom stereocenters. The van der Waals surface area contributed by atoms with Crippen LogP contribution in [-0.2, 0) is 40.0 Å². The predicted octanol–water partition coefficient (Wildman–Crippen LogP) is 1.55. The average Bonchev–Trinajstić information content (AvgIpc) is 2.92. The summed E-state index contributed by atoms with van der Waals surface area (Å²) in [4.78, 5) is 62.0. The normalized spacial score (nSPS) is 11.7. The Bertz CT molecular complexity index is 1080. The lowest BCUT2D eigenvalue weighted by Crippen LogP contribution is -2.51. The van der Waals surface area contributed by atoms with Gasteiger partial charge in [0, 0.05) is 0 Å². The molecule has 0 heterocycles. The Kier molecular flexibility index (Phi) is 11.9. The highest BCUT2D eigenvalue weighted by atomic mass is 16.5. The fraction of sp³-hybridized carbons (Fsp3) is 0.269. The maximum Gasteiger partial charge on any atom is 0.408 e. The molecule has 0 radical (unpaired) electrons. The summed E-state index contributed by atoms with van der Waals surface area (Å²) < 4.78 is 14.6. The number of carbonyl (C=O) groups is 5. The van der Waals surface area contributed by atoms with Crippen LogP contribution in [0.4, 0.5) is 4.79 Å². The van der Waals surface area contributed by atoms with Gasteiger partial charge in [-0.3, -0.25) is 19.2 Å². The molecule has 3 amide bonds. The zero-order chi connectivity index (χ0) is 27.0. The van der Waals surface area contributed by atoms with Gasteiger partial charge >= 0.3 is 18.0 Å². The van der Waals surface area contributed by atoms with E-state index in [9.17, 15) is 24.0 Å². The Labute approximate surface area is 214 Å². The average molecular weight is 512 g/mol. The van der Waals surface area contributed by atoms with E-state index in [2.05, 4.69) is 27.3 Å². The summed E-state index contributed by atoms with van der Waals surface area (Å²) in [7, 11) is 1.14. The monoisotopic (exact) mass is 511 g/mol. The van der Waals surface area contributed by atoms with Crippen LogP contribution in [0, 0.1) is 0 Å². The molecule has 0 aliphatic rings. The maximum absolute atomic E-state index is 13.1. The fourth-order valence-corrected chi connectivity index (χ4v) is 3.02. The summed E-state index contributed by atoms with van der Waals surface area (Å²) in [6.45, 7) is 2.91. The van der Waals surface area contributed by atoms with Crippen LogP contribution >= 0.6 is 0 Å². The molecule has 11 heteroatoms. The van der Waals surface area contributed by atoms with Crippen molar-refractivity contribution in [3.63, 3.8) is 0 Å². The van der Waals surface area contributed by atoms with Gasteiger partial charge in [-0.1, -0.05) is 73.3 Å². The van der Waals surface area contributed by atoms with Crippen LogP contribution in [0.2, 0.25) is 0 Å². The summed E-state index contributed by atoms with van der Waals surface area (Å²) >= 11 is 0. The van der Waals surface area contributed by atoms with Crippen molar-refractivity contribution in [2.24, 2.45) is 0 Å². The highest BCUT2D eigenvalue weighted by Crippen LogP contribution is 2.14. The molecule has 196 valence electrons. The fourth-order valence-electron chi connectivity index (χ4n) is 3.02. The number of ether oxygens (including phenoxy) is 3. The number of rotatable bonds is 13. The Morgan fingerprint density at radius 3 is 2.14 bits per heavy atom. The molecule has 0 spiro atoms. The minimum absolute atomic E-state index is 0.0190. The minimum atomic E-state index is -1.41. The Morgan fingerprint density at radius 2 is 1.51 bits per heavy atom. The van der Waals surface area contributed by atoms with E-state index < -0.39 is 54.9 Å². The molecule has 0 saturated carbocycles. The molecule has 11 nitrogen and oxygen atoms in total. The lowest BCUT2D eigenvalue weighted by Gasteiger charge is -2.23. The number of methoxy groups -OCH3 is 1. The highest BCUT2D eigenvalue weighted by Gasteiger charge is 2.30. The molecule has 2 atom stereocenters. The van der Waals surface area contributed by atoms with Crippen molar-refractivity contribution in [2.45, 2.75) is 25.1 Å². The Balaban J connectivity index is 2.12. The first-order chi connectivity index (χ1) is 17.8. The number of esters is 2. The van der Waals surface area contributed by atoms with Gasteiger partial charge in [0.05, 0.1) is 13.5 Å². The molecule has 0 bridgehead atoms. The summed E-state index contributed by atoms with van der Waals surface area (Å²) in [5, 5.41) is 7.24. The lowest BCUT2D eigenvalue weighted by atomic mass is 10.0. The molecule has 0 fully saturated rings. The maximum atomic E-state index is 13.1. The highest BCUT2D eigenvalue weighted by molar-refractivity contribution is 5.94. The van der Waals surface area contributed by atoms with Crippen LogP contribution in [0.3, 0.4) is 0 Å². The zero-order valence-corrected chi connectivity index (χ0v) is 20.3. The van der Waals surface area contributed by atoms with Gasteiger partial charge in [-0.05, 0) is 11.1 Å². The van der Waals surface area contributed by atoms with E-state index >= 15 is 0 Å². The number of hydrogen-bond acceptors (Lipinski definition) is 8. The summed E-state index contributed by atoms with van der Waals surface area (Å²) in [5.41, 5.74) is 1.12. The van der Waals surface area contributed by atoms with E-state index in [1.54, 1.807) is 54.6 Å². The SMILES string of the molecule is C=CCOC(=O)CNC(=O)[C@@H](NC(=O)[C@H](CC(=O)OC)NC(=O)OCc1ccccc1)c1ccccc1. The van der Waals surface area contributed by atoms with Crippen molar-refractivity contribution in [3.05, 3.63) is 84.4 Å². The van der Waals surface area contributed by atoms with Crippen LogP contribution in [0.25, 0.3) is 0 Å². The molecule has 0 saturated heterocycles. The van der Waals surface area contributed by atoms with Gasteiger partial charge in [0.2, 0.25) is 11.8 Å². The second-order valence-corrected chi connectivity index (χ2v) is 7.58. The second-order valence-electron chi connectivity index (χ2n) is 7.58. The lowest BCUT2D eigenvalue weighted by molar-refractivity contribution is -0.144. The quantitative estimate of drug-likeness (QED) is 0.208. The summed E-state index contributed by atoms with van der Waals surface area (Å²) in [6, 6.07) is 14.4. The van der Waals surface area contributed by atoms with Gasteiger partial charge in [0.25, 0.3) is 0 Å². The van der Waals surface area contributed by atoms with Gasteiger partial charge in [-0.2, -0.15) is 0 Å². The van der Waals surface area contributed by atoms with E-state index in [1.807, 2.05) is 6.07 Å². The number of hydrogen-bond donors (Lipinski definition) is 3. The molecular formula is C26H29N3O8. The third kappa shape index (κ3) is 10.2. The van der Waals surface area contributed by atoms with Crippen LogP contribution in [-0.4, -0.2) is 56.1 Å². The van der Waals surface area contributed by atoms with Crippen molar-refractivity contribution in [2.75, 3.05) is 20.3 Å². The number of alkyl carbamates (subject to hydrolysis) is 1. The molecule has 0 aromatic heterocycles. The van der Waals surface area contributed by atoms with E-state index in [1.165, 1.54) is 6.08 Å². The first-order valence-corrected chi connectivity index (χ1v) is 11.3. The standard InChI is InChI=1S/C26H29N3O8/c1-3-14-36-22(31)16-27-25(33)23(19-12-8-5-9-13-19)29-24(32)20(15-21(30)35-2)28-26(34)37-17-18-10-6-4-7-11-18/h3-13,20,23H,1,14-17H2,2H3,(H,27,33)(H,28,34)(H,29,32)/t20-,23-/m0/s1. The number of amides is 3. The Morgan fingerprint density at radius 1 is 0.865 bits per heavy atom. The molecule has 0 aliphatic heterocycles. The Hall–Kier alpha value is -4.67. The van der Waals surface area contributed by atoms with Gasteiger partial charge in [-0.25, -0.2) is 4.79 Å². The number of nitrogens with one attached hydrogen (secondary N) is 3. The van der Waals surface area contributed by atoms with Crippen molar-refractivity contribution in [3.8, 4) is 0 Å². The zero-order valence-electron chi connectivity index (χ0n) is 20.3. The van der Waals surface area contributed by atoms with Gasteiger partial charge < -0.3 is 30.2 Å². The molecule has 2 aromatic rings.